The van der Waals surface area contributed by atoms with Crippen molar-refractivity contribution in [1.29, 1.82) is 0 Å². The van der Waals surface area contributed by atoms with Gasteiger partial charge in [-0.25, -0.2) is 0 Å². The molecule has 0 aromatic rings. The van der Waals surface area contributed by atoms with Crippen molar-refractivity contribution >= 4 is 11.8 Å². The van der Waals surface area contributed by atoms with Gasteiger partial charge in [0, 0.05) is 26.1 Å². The molecule has 2 amide bonds. The van der Waals surface area contributed by atoms with Gasteiger partial charge in [-0.1, -0.05) is 19.2 Å². The Kier molecular flexibility index (Phi) is 8.26. The zero-order valence-corrected chi connectivity index (χ0v) is 15.0. The molecule has 1 unspecified atom stereocenters. The summed E-state index contributed by atoms with van der Waals surface area (Å²) in [6, 6.07) is -0.136. The monoisotopic (exact) mass is 335 g/mol. The molecule has 0 aromatic carbocycles. The van der Waals surface area contributed by atoms with E-state index in [1.54, 1.807) is 11.0 Å². The maximum Gasteiger partial charge on any atom is 0.236 e. The lowest BCUT2D eigenvalue weighted by Crippen LogP contribution is -2.49. The van der Waals surface area contributed by atoms with Crippen molar-refractivity contribution in [1.82, 2.24) is 15.5 Å². The standard InChI is InChI=1S/C18H29N3O3/c1-6-14(4)18(13(2)3)24-12-15(5)20-16(22)7-9-21-10-8-19-11-17(21)23/h6,15,19H,1-2,7-12H2,3-5H3,(H,20,22)/b18-14+. The number of carbonyl (C=O) groups excluding carboxylic acids is 2. The minimum Gasteiger partial charge on any atom is -0.491 e. The van der Waals surface area contributed by atoms with Gasteiger partial charge in [0.2, 0.25) is 11.8 Å². The van der Waals surface area contributed by atoms with Crippen LogP contribution in [-0.2, 0) is 14.3 Å². The SMILES string of the molecule is C=C/C(C)=C(/OCC(C)NC(=O)CCN1CCNCC1=O)C(=C)C. The van der Waals surface area contributed by atoms with E-state index < -0.39 is 0 Å². The van der Waals surface area contributed by atoms with Crippen LogP contribution in [0.4, 0.5) is 0 Å². The molecule has 0 aliphatic carbocycles. The molecule has 0 aromatic heterocycles. The molecule has 0 bridgehead atoms. The molecule has 1 rings (SSSR count). The highest BCUT2D eigenvalue weighted by Gasteiger charge is 2.18. The van der Waals surface area contributed by atoms with Gasteiger partial charge < -0.3 is 20.3 Å². The number of rotatable bonds is 9. The molecule has 134 valence electrons. The van der Waals surface area contributed by atoms with Crippen molar-refractivity contribution < 1.29 is 14.3 Å². The lowest BCUT2D eigenvalue weighted by atomic mass is 10.1. The van der Waals surface area contributed by atoms with Crippen LogP contribution >= 0.6 is 0 Å². The molecule has 1 atom stereocenters. The Hall–Kier alpha value is -2.08. The number of ether oxygens (including phenoxy) is 1. The van der Waals surface area contributed by atoms with Crippen LogP contribution in [0.5, 0.6) is 0 Å². The van der Waals surface area contributed by atoms with Crippen LogP contribution in [0.25, 0.3) is 0 Å². The number of nitrogens with zero attached hydrogens (tertiary/aromatic N) is 1. The Morgan fingerprint density at radius 1 is 1.50 bits per heavy atom. The van der Waals surface area contributed by atoms with Crippen LogP contribution in [0, 0.1) is 0 Å². The van der Waals surface area contributed by atoms with Crippen LogP contribution in [0.2, 0.25) is 0 Å². The third-order valence-electron chi connectivity index (χ3n) is 3.73. The van der Waals surface area contributed by atoms with E-state index in [1.807, 2.05) is 20.8 Å². The second kappa shape index (κ2) is 9.93. The largest absolute Gasteiger partial charge is 0.491 e. The minimum atomic E-state index is -0.136. The fourth-order valence-electron chi connectivity index (χ4n) is 2.38. The van der Waals surface area contributed by atoms with Crippen molar-refractivity contribution in [2.75, 3.05) is 32.8 Å². The van der Waals surface area contributed by atoms with Crippen LogP contribution in [0.15, 0.2) is 36.1 Å². The molecule has 0 radical (unpaired) electrons. The van der Waals surface area contributed by atoms with Crippen molar-refractivity contribution in [3.8, 4) is 0 Å². The van der Waals surface area contributed by atoms with E-state index in [4.69, 9.17) is 4.74 Å². The average Bonchev–Trinajstić information content (AvgIpc) is 2.53. The Morgan fingerprint density at radius 2 is 2.21 bits per heavy atom. The molecule has 1 heterocycles. The van der Waals surface area contributed by atoms with Crippen LogP contribution < -0.4 is 10.6 Å². The first kappa shape index (κ1) is 20.0. The summed E-state index contributed by atoms with van der Waals surface area (Å²) < 4.78 is 5.75. The molecule has 0 spiro atoms. The lowest BCUT2D eigenvalue weighted by Gasteiger charge is -2.27. The number of carbonyl (C=O) groups is 2. The molecule has 2 N–H and O–H groups in total. The topological polar surface area (TPSA) is 70.7 Å². The van der Waals surface area contributed by atoms with Crippen molar-refractivity contribution in [2.45, 2.75) is 33.2 Å². The van der Waals surface area contributed by atoms with Gasteiger partial charge in [-0.15, -0.1) is 0 Å². The van der Waals surface area contributed by atoms with Crippen LogP contribution in [0.3, 0.4) is 0 Å². The maximum atomic E-state index is 12.0. The summed E-state index contributed by atoms with van der Waals surface area (Å²) >= 11 is 0. The quantitative estimate of drug-likeness (QED) is 0.493. The van der Waals surface area contributed by atoms with Gasteiger partial charge in [-0.3, -0.25) is 9.59 Å². The Balaban J connectivity index is 2.37. The van der Waals surface area contributed by atoms with Crippen molar-refractivity contribution in [3.63, 3.8) is 0 Å². The highest BCUT2D eigenvalue weighted by molar-refractivity contribution is 5.80. The van der Waals surface area contributed by atoms with Crippen molar-refractivity contribution in [2.24, 2.45) is 0 Å². The maximum absolute atomic E-state index is 12.0. The van der Waals surface area contributed by atoms with E-state index in [9.17, 15) is 9.59 Å². The van der Waals surface area contributed by atoms with E-state index >= 15 is 0 Å². The van der Waals surface area contributed by atoms with Gasteiger partial charge in [-0.05, 0) is 31.9 Å². The molecular weight excluding hydrogens is 306 g/mol. The van der Waals surface area contributed by atoms with Crippen LogP contribution in [0.1, 0.15) is 27.2 Å². The Bertz CT molecular complexity index is 526. The number of nitrogens with one attached hydrogen (secondary N) is 2. The molecule has 1 saturated heterocycles. The molecule has 1 aliphatic rings. The Labute approximate surface area is 144 Å². The van der Waals surface area contributed by atoms with E-state index in [-0.39, 0.29) is 17.9 Å². The van der Waals surface area contributed by atoms with Gasteiger partial charge in [0.15, 0.2) is 0 Å². The molecule has 24 heavy (non-hydrogen) atoms. The molecule has 6 heteroatoms. The first-order valence-corrected chi connectivity index (χ1v) is 8.25. The summed E-state index contributed by atoms with van der Waals surface area (Å²) in [4.78, 5) is 25.4. The molecule has 1 aliphatic heterocycles. The number of allylic oxidation sites excluding steroid dienone is 3. The molecular formula is C18H29N3O3. The predicted octanol–water partition coefficient (Wildman–Crippen LogP) is 1.37. The fraction of sp³-hybridized carbons (Fsp3) is 0.556. The first-order chi connectivity index (χ1) is 11.3. The summed E-state index contributed by atoms with van der Waals surface area (Å²) in [6.07, 6.45) is 2.02. The fourth-order valence-corrected chi connectivity index (χ4v) is 2.38. The van der Waals surface area contributed by atoms with E-state index in [0.717, 1.165) is 17.7 Å². The van der Waals surface area contributed by atoms with E-state index in [0.29, 0.717) is 38.4 Å². The second-order valence-corrected chi connectivity index (χ2v) is 6.08. The highest BCUT2D eigenvalue weighted by Crippen LogP contribution is 2.15. The zero-order chi connectivity index (χ0) is 18.1. The summed E-state index contributed by atoms with van der Waals surface area (Å²) in [6.45, 7) is 15.9. The third-order valence-corrected chi connectivity index (χ3v) is 3.73. The number of piperazine rings is 1. The lowest BCUT2D eigenvalue weighted by molar-refractivity contribution is -0.132. The number of hydrogen-bond donors (Lipinski definition) is 2. The predicted molar refractivity (Wildman–Crippen MR) is 95.3 cm³/mol. The van der Waals surface area contributed by atoms with Crippen molar-refractivity contribution in [3.05, 3.63) is 36.1 Å². The number of amides is 2. The van der Waals surface area contributed by atoms with Gasteiger partial charge in [-0.2, -0.15) is 0 Å². The second-order valence-electron chi connectivity index (χ2n) is 6.08. The summed E-state index contributed by atoms with van der Waals surface area (Å²) in [5, 5.41) is 5.90. The summed E-state index contributed by atoms with van der Waals surface area (Å²) in [7, 11) is 0. The Morgan fingerprint density at radius 3 is 2.79 bits per heavy atom. The highest BCUT2D eigenvalue weighted by atomic mass is 16.5. The molecule has 0 saturated carbocycles. The smallest absolute Gasteiger partial charge is 0.236 e. The number of hydrogen-bond acceptors (Lipinski definition) is 4. The van der Waals surface area contributed by atoms with E-state index in [1.165, 1.54) is 0 Å². The van der Waals surface area contributed by atoms with E-state index in [2.05, 4.69) is 23.8 Å². The normalized spacial score (nSPS) is 17.0. The van der Waals surface area contributed by atoms with Gasteiger partial charge >= 0.3 is 0 Å². The van der Waals surface area contributed by atoms with Crippen LogP contribution in [-0.4, -0.2) is 55.5 Å². The summed E-state index contributed by atoms with van der Waals surface area (Å²) in [5.74, 6) is 0.665. The zero-order valence-electron chi connectivity index (χ0n) is 15.0. The first-order valence-electron chi connectivity index (χ1n) is 8.25. The van der Waals surface area contributed by atoms with Gasteiger partial charge in [0.25, 0.3) is 0 Å². The van der Waals surface area contributed by atoms with Gasteiger partial charge in [0.1, 0.15) is 12.4 Å². The average molecular weight is 335 g/mol. The third kappa shape index (κ3) is 6.58. The molecule has 6 nitrogen and oxygen atoms in total. The van der Waals surface area contributed by atoms with Gasteiger partial charge in [0.05, 0.1) is 12.6 Å². The minimum absolute atomic E-state index is 0.0431. The molecule has 1 fully saturated rings. The summed E-state index contributed by atoms with van der Waals surface area (Å²) in [5.41, 5.74) is 1.74.